The van der Waals surface area contributed by atoms with Crippen molar-refractivity contribution in [3.05, 3.63) is 48.0 Å². The average Bonchev–Trinajstić information content (AvgIpc) is 3.56. The fourth-order valence-corrected chi connectivity index (χ4v) is 3.63. The Balaban J connectivity index is 1.43. The molecule has 4 rings (SSSR count). The lowest BCUT2D eigenvalue weighted by atomic mass is 9.96. The van der Waals surface area contributed by atoms with Crippen LogP contribution in [0.15, 0.2) is 42.5 Å². The van der Waals surface area contributed by atoms with Gasteiger partial charge in [0.25, 0.3) is 5.91 Å². The molecule has 1 heterocycles. The van der Waals surface area contributed by atoms with Crippen LogP contribution in [-0.2, 0) is 9.59 Å². The first-order chi connectivity index (χ1) is 13.1. The van der Waals surface area contributed by atoms with Crippen LogP contribution in [0.3, 0.4) is 0 Å². The summed E-state index contributed by atoms with van der Waals surface area (Å²) >= 11 is 0. The predicted molar refractivity (Wildman–Crippen MR) is 102 cm³/mol. The van der Waals surface area contributed by atoms with E-state index in [-0.39, 0.29) is 29.6 Å². The number of amides is 3. The first kappa shape index (κ1) is 17.5. The molecule has 6 nitrogen and oxygen atoms in total. The summed E-state index contributed by atoms with van der Waals surface area (Å²) in [6, 6.07) is 13.5. The zero-order valence-corrected chi connectivity index (χ0v) is 15.1. The van der Waals surface area contributed by atoms with Gasteiger partial charge in [-0.1, -0.05) is 36.4 Å². The molecule has 0 bridgehead atoms. The highest BCUT2D eigenvalue weighted by Gasteiger charge is 2.32. The van der Waals surface area contributed by atoms with Gasteiger partial charge in [0, 0.05) is 24.6 Å². The number of hydrogen-bond acceptors (Lipinski definition) is 3. The Morgan fingerprint density at radius 1 is 0.852 bits per heavy atom. The van der Waals surface area contributed by atoms with Crippen molar-refractivity contribution in [1.82, 2.24) is 15.8 Å². The molecule has 140 valence electrons. The van der Waals surface area contributed by atoms with Gasteiger partial charge in [0.1, 0.15) is 0 Å². The van der Waals surface area contributed by atoms with Gasteiger partial charge < -0.3 is 4.90 Å². The quantitative estimate of drug-likeness (QED) is 0.819. The number of rotatable bonds is 3. The van der Waals surface area contributed by atoms with E-state index in [2.05, 4.69) is 10.9 Å². The van der Waals surface area contributed by atoms with E-state index in [0.29, 0.717) is 25.1 Å². The van der Waals surface area contributed by atoms with Crippen LogP contribution in [0.1, 0.15) is 36.0 Å². The molecule has 1 saturated carbocycles. The van der Waals surface area contributed by atoms with Crippen molar-refractivity contribution in [3.8, 4) is 0 Å². The van der Waals surface area contributed by atoms with Crippen molar-refractivity contribution in [3.63, 3.8) is 0 Å². The number of likely N-dealkylation sites (tertiary alicyclic amines) is 1. The van der Waals surface area contributed by atoms with Gasteiger partial charge in [0.15, 0.2) is 0 Å². The lowest BCUT2D eigenvalue weighted by molar-refractivity contribution is -0.132. The van der Waals surface area contributed by atoms with E-state index in [0.717, 1.165) is 30.0 Å². The van der Waals surface area contributed by atoms with Crippen LogP contribution >= 0.6 is 0 Å². The monoisotopic (exact) mass is 365 g/mol. The van der Waals surface area contributed by atoms with E-state index in [9.17, 15) is 14.4 Å². The van der Waals surface area contributed by atoms with Gasteiger partial charge in [-0.3, -0.25) is 25.2 Å². The Labute approximate surface area is 157 Å². The highest BCUT2D eigenvalue weighted by Crippen LogP contribution is 2.28. The zero-order valence-electron chi connectivity index (χ0n) is 15.1. The van der Waals surface area contributed by atoms with E-state index in [1.54, 1.807) is 4.90 Å². The molecule has 0 aromatic heterocycles. The molecule has 0 spiro atoms. The normalized spacial score (nSPS) is 19.6. The lowest BCUT2D eigenvalue weighted by Crippen LogP contribution is -2.50. The van der Waals surface area contributed by atoms with Crippen LogP contribution in [0.5, 0.6) is 0 Å². The van der Waals surface area contributed by atoms with E-state index in [4.69, 9.17) is 0 Å². The third kappa shape index (κ3) is 3.79. The van der Waals surface area contributed by atoms with Crippen molar-refractivity contribution in [2.45, 2.75) is 25.7 Å². The molecule has 2 N–H and O–H groups in total. The molecular formula is C21H23N3O3. The number of benzene rings is 2. The minimum atomic E-state index is -0.308. The van der Waals surface area contributed by atoms with Crippen LogP contribution in [-0.4, -0.2) is 35.7 Å². The highest BCUT2D eigenvalue weighted by atomic mass is 16.2. The van der Waals surface area contributed by atoms with Crippen LogP contribution in [0, 0.1) is 11.8 Å². The third-order valence-electron chi connectivity index (χ3n) is 5.36. The van der Waals surface area contributed by atoms with Crippen LogP contribution < -0.4 is 10.9 Å². The zero-order chi connectivity index (χ0) is 18.8. The Morgan fingerprint density at radius 2 is 1.56 bits per heavy atom. The Morgan fingerprint density at radius 3 is 2.33 bits per heavy atom. The third-order valence-corrected chi connectivity index (χ3v) is 5.36. The summed E-state index contributed by atoms with van der Waals surface area (Å²) in [7, 11) is 0. The Hall–Kier alpha value is -2.89. The number of fused-ring (bicyclic) bond motifs is 1. The molecule has 1 saturated heterocycles. The van der Waals surface area contributed by atoms with Crippen molar-refractivity contribution >= 4 is 28.5 Å². The summed E-state index contributed by atoms with van der Waals surface area (Å²) in [4.78, 5) is 38.9. The number of hydrazine groups is 1. The summed E-state index contributed by atoms with van der Waals surface area (Å²) in [6.07, 6.45) is 3.26. The maximum Gasteiger partial charge on any atom is 0.254 e. The largest absolute Gasteiger partial charge is 0.338 e. The van der Waals surface area contributed by atoms with Crippen molar-refractivity contribution in [2.75, 3.05) is 13.1 Å². The first-order valence-electron chi connectivity index (χ1n) is 9.50. The van der Waals surface area contributed by atoms with E-state index >= 15 is 0 Å². The molecule has 3 amide bonds. The van der Waals surface area contributed by atoms with Gasteiger partial charge in [-0.25, -0.2) is 0 Å². The summed E-state index contributed by atoms with van der Waals surface area (Å²) < 4.78 is 0. The number of piperidine rings is 1. The second kappa shape index (κ2) is 7.39. The molecule has 1 aliphatic heterocycles. The van der Waals surface area contributed by atoms with Gasteiger partial charge in [-0.05, 0) is 42.5 Å². The summed E-state index contributed by atoms with van der Waals surface area (Å²) in [5, 5.41) is 1.95. The first-order valence-corrected chi connectivity index (χ1v) is 9.50. The summed E-state index contributed by atoms with van der Waals surface area (Å²) in [5.41, 5.74) is 5.69. The number of hydrogen-bond donors (Lipinski definition) is 2. The molecule has 1 aliphatic carbocycles. The molecule has 0 unspecified atom stereocenters. The highest BCUT2D eigenvalue weighted by molar-refractivity contribution is 6.07. The van der Waals surface area contributed by atoms with E-state index in [1.807, 2.05) is 42.5 Å². The smallest absolute Gasteiger partial charge is 0.254 e. The van der Waals surface area contributed by atoms with Gasteiger partial charge in [-0.2, -0.15) is 0 Å². The van der Waals surface area contributed by atoms with Gasteiger partial charge in [0.2, 0.25) is 11.8 Å². The minimum Gasteiger partial charge on any atom is -0.338 e. The van der Waals surface area contributed by atoms with Crippen molar-refractivity contribution in [2.24, 2.45) is 11.8 Å². The molecule has 6 heteroatoms. The number of nitrogens with one attached hydrogen (secondary N) is 2. The van der Waals surface area contributed by atoms with Gasteiger partial charge >= 0.3 is 0 Å². The average molecular weight is 365 g/mol. The van der Waals surface area contributed by atoms with Gasteiger partial charge in [0.05, 0.1) is 5.92 Å². The second-order valence-corrected chi connectivity index (χ2v) is 7.37. The molecule has 0 radical (unpaired) electrons. The Kier molecular flexibility index (Phi) is 4.79. The fraction of sp³-hybridized carbons (Fsp3) is 0.381. The van der Waals surface area contributed by atoms with Crippen molar-refractivity contribution in [1.29, 1.82) is 0 Å². The number of carbonyl (C=O) groups is 3. The van der Waals surface area contributed by atoms with E-state index < -0.39 is 0 Å². The standard InChI is InChI=1S/C21H23N3O3/c25-19(15-10-11-15)22-23-20(26)16-7-4-12-24(13-16)21(27)18-9-3-6-14-5-1-2-8-17(14)18/h1-3,5-6,8-9,15-16H,4,7,10-13H2,(H,22,25)(H,23,26)/t16-/m1/s1. The maximum atomic E-state index is 13.1. The molecule has 2 aromatic rings. The van der Waals surface area contributed by atoms with Crippen LogP contribution in [0.25, 0.3) is 10.8 Å². The fourth-order valence-electron chi connectivity index (χ4n) is 3.63. The molecule has 1 atom stereocenters. The SMILES string of the molecule is O=C(NNC(=O)[C@@H]1CCCN(C(=O)c2cccc3ccccc23)C1)C1CC1. The molecule has 2 aromatic carbocycles. The maximum absolute atomic E-state index is 13.1. The molecule has 27 heavy (non-hydrogen) atoms. The van der Waals surface area contributed by atoms with Crippen LogP contribution in [0.4, 0.5) is 0 Å². The predicted octanol–water partition coefficient (Wildman–Crippen LogP) is 2.25. The Bertz CT molecular complexity index is 886. The minimum absolute atomic E-state index is 0.0427. The summed E-state index contributed by atoms with van der Waals surface area (Å²) in [6.45, 7) is 1.01. The second-order valence-electron chi connectivity index (χ2n) is 7.37. The van der Waals surface area contributed by atoms with Crippen LogP contribution in [0.2, 0.25) is 0 Å². The van der Waals surface area contributed by atoms with Crippen molar-refractivity contribution < 1.29 is 14.4 Å². The summed E-state index contributed by atoms with van der Waals surface area (Å²) in [5.74, 6) is -0.660. The number of carbonyl (C=O) groups excluding carboxylic acids is 3. The topological polar surface area (TPSA) is 78.5 Å². The van der Waals surface area contributed by atoms with Gasteiger partial charge in [-0.15, -0.1) is 0 Å². The number of nitrogens with zero attached hydrogens (tertiary/aromatic N) is 1. The lowest BCUT2D eigenvalue weighted by Gasteiger charge is -2.32. The van der Waals surface area contributed by atoms with E-state index in [1.165, 1.54) is 0 Å². The molecule has 2 fully saturated rings. The molecule has 2 aliphatic rings. The molecular weight excluding hydrogens is 342 g/mol.